The molecule has 0 bridgehead atoms. The smallest absolute Gasteiger partial charge is 0.242 e. The highest BCUT2D eigenvalue weighted by Crippen LogP contribution is 2.35. The third-order valence-corrected chi connectivity index (χ3v) is 8.05. The van der Waals surface area contributed by atoms with Gasteiger partial charge in [-0.15, -0.1) is 0 Å². The molecule has 0 aliphatic carbocycles. The topological polar surface area (TPSA) is 96.4 Å². The lowest BCUT2D eigenvalue weighted by Crippen LogP contribution is -2.65. The number of nitrogens with zero attached hydrogens (tertiary/aromatic N) is 7. The highest BCUT2D eigenvalue weighted by molar-refractivity contribution is 7.90. The van der Waals surface area contributed by atoms with E-state index >= 15 is 0 Å². The molecule has 5 rings (SSSR count). The van der Waals surface area contributed by atoms with Gasteiger partial charge in [-0.3, -0.25) is 4.68 Å². The van der Waals surface area contributed by atoms with Gasteiger partial charge in [0.05, 0.1) is 17.9 Å². The van der Waals surface area contributed by atoms with Crippen molar-refractivity contribution in [3.05, 3.63) is 78.3 Å². The maximum atomic E-state index is 13.5. The molecule has 1 saturated heterocycles. The third kappa shape index (κ3) is 3.79. The van der Waals surface area contributed by atoms with Crippen molar-refractivity contribution in [2.45, 2.75) is 18.5 Å². The Morgan fingerprint density at radius 3 is 2.82 bits per heavy atom. The Kier molecular flexibility index (Phi) is 5.23. The molecule has 1 N–H and O–H groups in total. The number of H-pyrrole nitrogens is 1. The minimum Gasteiger partial charge on any atom is -0.346 e. The van der Waals surface area contributed by atoms with Crippen molar-refractivity contribution in [3.63, 3.8) is 0 Å². The molecule has 2 atom stereocenters. The van der Waals surface area contributed by atoms with E-state index in [1.54, 1.807) is 12.5 Å². The molecule has 1 aromatic carbocycles. The Labute approximate surface area is 192 Å². The largest absolute Gasteiger partial charge is 0.346 e. The number of nitrogens with one attached hydrogen (secondary N) is 1. The molecule has 0 radical (unpaired) electrons. The average Bonchev–Trinajstić information content (AvgIpc) is 3.46. The van der Waals surface area contributed by atoms with E-state index in [1.165, 1.54) is 6.33 Å². The molecule has 10 heteroatoms. The lowest BCUT2D eigenvalue weighted by molar-refractivity contribution is 0.0870. The van der Waals surface area contributed by atoms with Crippen LogP contribution in [0.2, 0.25) is 0 Å². The molecule has 0 spiro atoms. The van der Waals surface area contributed by atoms with Gasteiger partial charge in [0.2, 0.25) is 6.54 Å². The Morgan fingerprint density at radius 1 is 1.27 bits per heavy atom. The predicted molar refractivity (Wildman–Crippen MR) is 127 cm³/mol. The standard InChI is InChI=1S/C23H24N8OS/c1-17(18-7-5-4-6-8-18)29-33(3,32)30-14-23(15-30,13-24-2)31-12-19(11-28-31)21-20-9-10-25-22(20)27-16-26-21/h4-12,16-17H,13-15H2,1,3H3,(H,25,26,27)/t17?,33-/m1/s1. The molecular formula is C23H24N8OS. The van der Waals surface area contributed by atoms with Gasteiger partial charge < -0.3 is 9.83 Å². The predicted octanol–water partition coefficient (Wildman–Crippen LogP) is 3.53. The number of fused-ring (bicyclic) bond motifs is 1. The highest BCUT2D eigenvalue weighted by atomic mass is 32.2. The second-order valence-corrected chi connectivity index (χ2v) is 10.7. The number of rotatable bonds is 6. The number of aromatic amines is 1. The molecule has 3 aromatic heterocycles. The Balaban J connectivity index is 1.41. The van der Waals surface area contributed by atoms with E-state index in [-0.39, 0.29) is 12.6 Å². The maximum Gasteiger partial charge on any atom is 0.242 e. The van der Waals surface area contributed by atoms with Crippen LogP contribution in [-0.2, 0) is 15.5 Å². The van der Waals surface area contributed by atoms with Crippen LogP contribution in [0.1, 0.15) is 18.5 Å². The molecule has 33 heavy (non-hydrogen) atoms. The Bertz CT molecular complexity index is 1450. The minimum absolute atomic E-state index is 0.183. The van der Waals surface area contributed by atoms with Crippen LogP contribution in [0.25, 0.3) is 27.1 Å². The highest BCUT2D eigenvalue weighted by Gasteiger charge is 2.51. The zero-order valence-corrected chi connectivity index (χ0v) is 19.2. The molecule has 0 amide bonds. The summed E-state index contributed by atoms with van der Waals surface area (Å²) in [7, 11) is -2.60. The Hall–Kier alpha value is -3.55. The van der Waals surface area contributed by atoms with Crippen molar-refractivity contribution in [3.8, 4) is 11.3 Å². The van der Waals surface area contributed by atoms with Crippen molar-refractivity contribution in [1.82, 2.24) is 29.0 Å². The summed E-state index contributed by atoms with van der Waals surface area (Å²) in [5.74, 6) is 0. The van der Waals surface area contributed by atoms with Gasteiger partial charge in [-0.25, -0.2) is 29.4 Å². The van der Waals surface area contributed by atoms with Gasteiger partial charge in [0.15, 0.2) is 5.54 Å². The quantitative estimate of drug-likeness (QED) is 0.445. The summed E-state index contributed by atoms with van der Waals surface area (Å²) >= 11 is 0. The zero-order chi connectivity index (χ0) is 23.1. The number of aromatic nitrogens is 5. The summed E-state index contributed by atoms with van der Waals surface area (Å²) in [6.07, 6.45) is 8.70. The van der Waals surface area contributed by atoms with Crippen LogP contribution in [0, 0.1) is 6.57 Å². The van der Waals surface area contributed by atoms with Gasteiger partial charge in [0.1, 0.15) is 21.9 Å². The van der Waals surface area contributed by atoms with Gasteiger partial charge >= 0.3 is 0 Å². The van der Waals surface area contributed by atoms with E-state index in [0.29, 0.717) is 13.1 Å². The Morgan fingerprint density at radius 2 is 2.06 bits per heavy atom. The molecule has 1 aliphatic rings. The SMILES string of the molecule is [C-]#[N+]CC1(n2cc(-c3ncnc4[nH]ccc34)cn2)CN([S@](C)(=O)=NC(C)c2ccccc2)C1. The molecule has 1 aliphatic heterocycles. The fraction of sp³-hybridized carbons (Fsp3) is 0.304. The van der Waals surface area contributed by atoms with E-state index in [1.807, 2.05) is 64.7 Å². The van der Waals surface area contributed by atoms with Crippen LogP contribution in [0.3, 0.4) is 0 Å². The second kappa shape index (κ2) is 8.10. The normalized spacial score (nSPS) is 18.2. The summed E-state index contributed by atoms with van der Waals surface area (Å²) < 4.78 is 21.8. The van der Waals surface area contributed by atoms with E-state index < -0.39 is 15.5 Å². The first-order valence-electron chi connectivity index (χ1n) is 10.6. The van der Waals surface area contributed by atoms with E-state index in [2.05, 4.69) is 29.3 Å². The first-order valence-corrected chi connectivity index (χ1v) is 12.5. The average molecular weight is 461 g/mol. The van der Waals surface area contributed by atoms with Crippen molar-refractivity contribution in [2.75, 3.05) is 25.9 Å². The van der Waals surface area contributed by atoms with Crippen LogP contribution in [0.15, 0.2) is 65.7 Å². The van der Waals surface area contributed by atoms with Crippen molar-refractivity contribution in [2.24, 2.45) is 4.36 Å². The summed E-state index contributed by atoms with van der Waals surface area (Å²) in [6.45, 7) is 10.6. The first kappa shape index (κ1) is 21.3. The van der Waals surface area contributed by atoms with Crippen molar-refractivity contribution < 1.29 is 4.21 Å². The summed E-state index contributed by atoms with van der Waals surface area (Å²) in [5, 5.41) is 5.49. The summed E-state index contributed by atoms with van der Waals surface area (Å²) in [5.41, 5.74) is 2.88. The first-order chi connectivity index (χ1) is 15.9. The van der Waals surface area contributed by atoms with Crippen molar-refractivity contribution in [1.29, 1.82) is 0 Å². The lowest BCUT2D eigenvalue weighted by atomic mass is 9.92. The second-order valence-electron chi connectivity index (χ2n) is 8.43. The maximum absolute atomic E-state index is 13.5. The van der Waals surface area contributed by atoms with E-state index in [9.17, 15) is 4.21 Å². The van der Waals surface area contributed by atoms with Gasteiger partial charge in [0, 0.05) is 42.7 Å². The molecule has 0 saturated carbocycles. The van der Waals surface area contributed by atoms with Gasteiger partial charge in [-0.05, 0) is 18.6 Å². The number of benzene rings is 1. The van der Waals surface area contributed by atoms with Gasteiger partial charge in [-0.2, -0.15) is 5.10 Å². The zero-order valence-electron chi connectivity index (χ0n) is 18.4. The molecule has 4 aromatic rings. The van der Waals surface area contributed by atoms with Crippen LogP contribution < -0.4 is 0 Å². The van der Waals surface area contributed by atoms with Gasteiger partial charge in [-0.1, -0.05) is 30.3 Å². The van der Waals surface area contributed by atoms with Crippen LogP contribution in [0.4, 0.5) is 0 Å². The summed E-state index contributed by atoms with van der Waals surface area (Å²) in [4.78, 5) is 15.4. The fourth-order valence-electron chi connectivity index (χ4n) is 4.27. The minimum atomic E-state index is -2.60. The molecule has 9 nitrogen and oxygen atoms in total. The van der Waals surface area contributed by atoms with E-state index in [4.69, 9.17) is 6.57 Å². The molecule has 4 heterocycles. The van der Waals surface area contributed by atoms with Gasteiger partial charge in [0.25, 0.3) is 0 Å². The molecular weight excluding hydrogens is 436 g/mol. The van der Waals surface area contributed by atoms with E-state index in [0.717, 1.165) is 27.9 Å². The van der Waals surface area contributed by atoms with Crippen LogP contribution in [0.5, 0.6) is 0 Å². The van der Waals surface area contributed by atoms with Crippen LogP contribution in [-0.4, -0.2) is 59.1 Å². The number of hydrogen-bond donors (Lipinski definition) is 1. The monoisotopic (exact) mass is 460 g/mol. The van der Waals surface area contributed by atoms with Crippen LogP contribution >= 0.6 is 0 Å². The number of hydrogen-bond acceptors (Lipinski definition) is 5. The lowest BCUT2D eigenvalue weighted by Gasteiger charge is -2.46. The summed E-state index contributed by atoms with van der Waals surface area (Å²) in [6, 6.07) is 11.6. The fourth-order valence-corrected chi connectivity index (χ4v) is 6.08. The molecule has 1 unspecified atom stereocenters. The molecule has 1 fully saturated rings. The third-order valence-electron chi connectivity index (χ3n) is 6.13. The molecule has 168 valence electrons. The van der Waals surface area contributed by atoms with Crippen molar-refractivity contribution >= 4 is 20.9 Å².